The number of benzene rings is 1. The van der Waals surface area contributed by atoms with Crippen molar-refractivity contribution >= 4 is 11.8 Å². The molecule has 1 atom stereocenters. The predicted octanol–water partition coefficient (Wildman–Crippen LogP) is 1.69. The van der Waals surface area contributed by atoms with E-state index < -0.39 is 6.04 Å². The maximum Gasteiger partial charge on any atom is 0.252 e. The van der Waals surface area contributed by atoms with E-state index >= 15 is 0 Å². The minimum absolute atomic E-state index is 0.122. The quantitative estimate of drug-likeness (QED) is 0.869. The second-order valence-electron chi connectivity index (χ2n) is 5.98. The minimum atomic E-state index is -0.466. The summed E-state index contributed by atoms with van der Waals surface area (Å²) in [6.07, 6.45) is 3.71. The van der Waals surface area contributed by atoms with Crippen LogP contribution in [0.15, 0.2) is 42.6 Å². The standard InChI is InChI=1S/C19H21N3O3/c1-25-17-7-3-2-5-13(17)11-15-12-14(8-10-20-15)18(23)22-16-6-4-9-21-19(16)24/h2-3,5,7-8,10,12,16H,4,6,9,11H2,1H3,(H,21,24)(H,22,23)/t16-/m1/s1. The predicted molar refractivity (Wildman–Crippen MR) is 93.5 cm³/mol. The van der Waals surface area contributed by atoms with Crippen LogP contribution in [0.25, 0.3) is 0 Å². The largest absolute Gasteiger partial charge is 0.496 e. The molecule has 2 aromatic rings. The van der Waals surface area contributed by atoms with Crippen molar-refractivity contribution in [1.82, 2.24) is 15.6 Å². The van der Waals surface area contributed by atoms with Gasteiger partial charge in [-0.1, -0.05) is 18.2 Å². The first-order valence-corrected chi connectivity index (χ1v) is 8.33. The van der Waals surface area contributed by atoms with Gasteiger partial charge in [-0.05, 0) is 31.0 Å². The van der Waals surface area contributed by atoms with Gasteiger partial charge in [-0.2, -0.15) is 0 Å². The number of nitrogens with one attached hydrogen (secondary N) is 2. The molecule has 25 heavy (non-hydrogen) atoms. The summed E-state index contributed by atoms with van der Waals surface area (Å²) in [6.45, 7) is 0.670. The minimum Gasteiger partial charge on any atom is -0.496 e. The van der Waals surface area contributed by atoms with E-state index in [0.717, 1.165) is 23.4 Å². The molecule has 0 aliphatic carbocycles. The first-order valence-electron chi connectivity index (χ1n) is 8.33. The highest BCUT2D eigenvalue weighted by atomic mass is 16.5. The molecule has 2 N–H and O–H groups in total. The third-order valence-corrected chi connectivity index (χ3v) is 4.23. The molecule has 2 amide bonds. The van der Waals surface area contributed by atoms with Crippen molar-refractivity contribution in [3.63, 3.8) is 0 Å². The zero-order chi connectivity index (χ0) is 17.6. The summed E-state index contributed by atoms with van der Waals surface area (Å²) in [4.78, 5) is 28.6. The lowest BCUT2D eigenvalue weighted by molar-refractivity contribution is -0.124. The fourth-order valence-electron chi connectivity index (χ4n) is 2.91. The van der Waals surface area contributed by atoms with E-state index in [-0.39, 0.29) is 11.8 Å². The van der Waals surface area contributed by atoms with Crippen LogP contribution in [0.2, 0.25) is 0 Å². The summed E-state index contributed by atoms with van der Waals surface area (Å²) in [5, 5.41) is 5.56. The van der Waals surface area contributed by atoms with Crippen molar-refractivity contribution in [2.75, 3.05) is 13.7 Å². The molecule has 6 heteroatoms. The molecule has 0 unspecified atom stereocenters. The van der Waals surface area contributed by atoms with Gasteiger partial charge in [0.25, 0.3) is 5.91 Å². The highest BCUT2D eigenvalue weighted by Gasteiger charge is 2.24. The number of methoxy groups -OCH3 is 1. The van der Waals surface area contributed by atoms with Gasteiger partial charge in [0, 0.05) is 36.0 Å². The van der Waals surface area contributed by atoms with Crippen LogP contribution in [0.1, 0.15) is 34.5 Å². The van der Waals surface area contributed by atoms with E-state index in [1.807, 2.05) is 24.3 Å². The smallest absolute Gasteiger partial charge is 0.252 e. The Balaban J connectivity index is 1.72. The molecular weight excluding hydrogens is 318 g/mol. The number of carbonyl (C=O) groups excluding carboxylic acids is 2. The van der Waals surface area contributed by atoms with Crippen LogP contribution in [0.3, 0.4) is 0 Å². The van der Waals surface area contributed by atoms with Gasteiger partial charge in [0.05, 0.1) is 7.11 Å². The van der Waals surface area contributed by atoms with Gasteiger partial charge in [0.15, 0.2) is 0 Å². The molecular formula is C19H21N3O3. The Morgan fingerprint density at radius 3 is 3.00 bits per heavy atom. The fourth-order valence-corrected chi connectivity index (χ4v) is 2.91. The van der Waals surface area contributed by atoms with Crippen LogP contribution in [-0.2, 0) is 11.2 Å². The maximum atomic E-state index is 12.4. The average Bonchev–Trinajstić information content (AvgIpc) is 2.64. The third-order valence-electron chi connectivity index (χ3n) is 4.23. The molecule has 130 valence electrons. The van der Waals surface area contributed by atoms with Gasteiger partial charge in [-0.3, -0.25) is 14.6 Å². The summed E-state index contributed by atoms with van der Waals surface area (Å²) < 4.78 is 5.36. The van der Waals surface area contributed by atoms with Crippen LogP contribution < -0.4 is 15.4 Å². The van der Waals surface area contributed by atoms with Crippen LogP contribution in [0, 0.1) is 0 Å². The Morgan fingerprint density at radius 2 is 2.20 bits per heavy atom. The normalized spacial score (nSPS) is 16.8. The van der Waals surface area contributed by atoms with Gasteiger partial charge in [-0.15, -0.1) is 0 Å². The fraction of sp³-hybridized carbons (Fsp3) is 0.316. The average molecular weight is 339 g/mol. The molecule has 6 nitrogen and oxygen atoms in total. The van der Waals surface area contributed by atoms with Crippen molar-refractivity contribution in [2.45, 2.75) is 25.3 Å². The second kappa shape index (κ2) is 7.79. The Bertz CT molecular complexity index is 776. The van der Waals surface area contributed by atoms with Crippen molar-refractivity contribution in [3.8, 4) is 5.75 Å². The molecule has 1 aliphatic rings. The monoisotopic (exact) mass is 339 g/mol. The van der Waals surface area contributed by atoms with Gasteiger partial charge in [0.2, 0.25) is 5.91 Å². The molecule has 1 aromatic heterocycles. The van der Waals surface area contributed by atoms with E-state index in [2.05, 4.69) is 15.6 Å². The number of hydrogen-bond acceptors (Lipinski definition) is 4. The number of nitrogens with zero attached hydrogens (tertiary/aromatic N) is 1. The number of ether oxygens (including phenoxy) is 1. The first kappa shape index (κ1) is 17.0. The zero-order valence-corrected chi connectivity index (χ0v) is 14.1. The van der Waals surface area contributed by atoms with E-state index in [9.17, 15) is 9.59 Å². The molecule has 0 saturated carbocycles. The molecule has 0 spiro atoms. The Labute approximate surface area is 146 Å². The highest BCUT2D eigenvalue weighted by Crippen LogP contribution is 2.20. The number of amides is 2. The van der Waals surface area contributed by atoms with Gasteiger partial charge < -0.3 is 15.4 Å². The lowest BCUT2D eigenvalue weighted by atomic mass is 10.0. The summed E-state index contributed by atoms with van der Waals surface area (Å²) in [5.41, 5.74) is 2.27. The first-order chi connectivity index (χ1) is 12.2. The van der Waals surface area contributed by atoms with Crippen LogP contribution in [0.4, 0.5) is 0 Å². The molecule has 2 heterocycles. The number of pyridine rings is 1. The SMILES string of the molecule is COc1ccccc1Cc1cc(C(=O)N[C@@H]2CCCNC2=O)ccn1. The highest BCUT2D eigenvalue weighted by molar-refractivity contribution is 5.97. The van der Waals surface area contributed by atoms with Crippen LogP contribution >= 0.6 is 0 Å². The maximum absolute atomic E-state index is 12.4. The Kier molecular flexibility index (Phi) is 5.28. The van der Waals surface area contributed by atoms with Gasteiger partial charge in [0.1, 0.15) is 11.8 Å². The van der Waals surface area contributed by atoms with Crippen LogP contribution in [0.5, 0.6) is 5.75 Å². The summed E-state index contributed by atoms with van der Waals surface area (Å²) in [5.74, 6) is 0.409. The van der Waals surface area contributed by atoms with Crippen molar-refractivity contribution in [1.29, 1.82) is 0 Å². The number of piperidine rings is 1. The summed E-state index contributed by atoms with van der Waals surface area (Å²) >= 11 is 0. The number of para-hydroxylation sites is 1. The molecule has 1 aromatic carbocycles. The topological polar surface area (TPSA) is 80.3 Å². The summed E-state index contributed by atoms with van der Waals surface area (Å²) in [6, 6.07) is 10.7. The lowest BCUT2D eigenvalue weighted by Crippen LogP contribution is -2.50. The Hall–Kier alpha value is -2.89. The lowest BCUT2D eigenvalue weighted by Gasteiger charge is -2.22. The van der Waals surface area contributed by atoms with Crippen molar-refractivity contribution in [2.24, 2.45) is 0 Å². The molecule has 3 rings (SSSR count). The van der Waals surface area contributed by atoms with Gasteiger partial charge in [-0.25, -0.2) is 0 Å². The zero-order valence-electron chi connectivity index (χ0n) is 14.1. The molecule has 1 saturated heterocycles. The number of hydrogen-bond donors (Lipinski definition) is 2. The number of rotatable bonds is 5. The van der Waals surface area contributed by atoms with E-state index in [0.29, 0.717) is 24.9 Å². The van der Waals surface area contributed by atoms with E-state index in [1.165, 1.54) is 0 Å². The van der Waals surface area contributed by atoms with Crippen molar-refractivity contribution < 1.29 is 14.3 Å². The molecule has 1 aliphatic heterocycles. The number of carbonyl (C=O) groups is 2. The van der Waals surface area contributed by atoms with E-state index in [1.54, 1.807) is 25.4 Å². The van der Waals surface area contributed by atoms with Gasteiger partial charge >= 0.3 is 0 Å². The molecule has 0 bridgehead atoms. The van der Waals surface area contributed by atoms with Crippen LogP contribution in [-0.4, -0.2) is 36.5 Å². The third kappa shape index (κ3) is 4.15. The Morgan fingerprint density at radius 1 is 1.36 bits per heavy atom. The second-order valence-corrected chi connectivity index (χ2v) is 5.98. The number of aromatic nitrogens is 1. The molecule has 1 fully saturated rings. The van der Waals surface area contributed by atoms with E-state index in [4.69, 9.17) is 4.74 Å². The molecule has 0 radical (unpaired) electrons. The summed E-state index contributed by atoms with van der Waals surface area (Å²) in [7, 11) is 1.63. The van der Waals surface area contributed by atoms with Crippen molar-refractivity contribution in [3.05, 3.63) is 59.4 Å².